The minimum atomic E-state index is -0.259. The van der Waals surface area contributed by atoms with Gasteiger partial charge in [0.15, 0.2) is 0 Å². The van der Waals surface area contributed by atoms with Gasteiger partial charge in [0.2, 0.25) is 0 Å². The summed E-state index contributed by atoms with van der Waals surface area (Å²) in [5, 5.41) is 9.60. The fourth-order valence-corrected chi connectivity index (χ4v) is 2.03. The van der Waals surface area contributed by atoms with Crippen molar-refractivity contribution in [2.75, 3.05) is 11.5 Å². The molecule has 0 bridgehead atoms. The molecule has 0 heterocycles. The Bertz CT molecular complexity index is 297. The minimum Gasteiger partial charge on any atom is -0.399 e. The molecule has 3 N–H and O–H groups in total. The van der Waals surface area contributed by atoms with Crippen molar-refractivity contribution in [1.29, 1.82) is 0 Å². The van der Waals surface area contributed by atoms with Crippen LogP contribution in [-0.4, -0.2) is 17.0 Å². The van der Waals surface area contributed by atoms with Crippen molar-refractivity contribution in [3.63, 3.8) is 0 Å². The number of anilines is 1. The van der Waals surface area contributed by atoms with Crippen molar-refractivity contribution in [3.05, 3.63) is 36.9 Å². The van der Waals surface area contributed by atoms with E-state index in [1.54, 1.807) is 11.8 Å². The highest BCUT2D eigenvalue weighted by Gasteiger charge is 2.03. The third kappa shape index (κ3) is 4.91. The van der Waals surface area contributed by atoms with Gasteiger partial charge in [-0.15, -0.1) is 18.3 Å². The van der Waals surface area contributed by atoms with Crippen LogP contribution in [0.5, 0.6) is 0 Å². The van der Waals surface area contributed by atoms with Crippen LogP contribution in [-0.2, 0) is 0 Å². The lowest BCUT2D eigenvalue weighted by molar-refractivity contribution is 0.190. The smallest absolute Gasteiger partial charge is 0.0637 e. The van der Waals surface area contributed by atoms with E-state index in [9.17, 15) is 5.11 Å². The number of allylic oxidation sites excluding steroid dienone is 1. The summed E-state index contributed by atoms with van der Waals surface area (Å²) in [5.41, 5.74) is 6.35. The van der Waals surface area contributed by atoms with E-state index in [4.69, 9.17) is 5.73 Å². The number of hydrogen-bond donors (Lipinski definition) is 2. The molecule has 1 aromatic carbocycles. The second-order valence-electron chi connectivity index (χ2n) is 3.40. The number of rotatable bonds is 6. The maximum Gasteiger partial charge on any atom is 0.0637 e. The van der Waals surface area contributed by atoms with Gasteiger partial charge in [-0.2, -0.15) is 0 Å². The highest BCUT2D eigenvalue weighted by molar-refractivity contribution is 7.99. The quantitative estimate of drug-likeness (QED) is 0.443. The molecule has 0 saturated heterocycles. The van der Waals surface area contributed by atoms with Crippen molar-refractivity contribution >= 4 is 17.4 Å². The maximum atomic E-state index is 9.60. The van der Waals surface area contributed by atoms with E-state index in [1.807, 2.05) is 30.3 Å². The zero-order chi connectivity index (χ0) is 11.1. The Morgan fingerprint density at radius 1 is 1.40 bits per heavy atom. The third-order valence-corrected chi connectivity index (χ3v) is 3.18. The van der Waals surface area contributed by atoms with E-state index < -0.39 is 0 Å². The molecule has 82 valence electrons. The summed E-state index contributed by atoms with van der Waals surface area (Å²) < 4.78 is 0. The van der Waals surface area contributed by atoms with Crippen LogP contribution in [0.25, 0.3) is 0 Å². The van der Waals surface area contributed by atoms with Gasteiger partial charge in [-0.3, -0.25) is 0 Å². The Morgan fingerprint density at radius 2 is 2.07 bits per heavy atom. The molecule has 1 atom stereocenters. The lowest BCUT2D eigenvalue weighted by atomic mass is 10.2. The Balaban J connectivity index is 2.30. The number of benzene rings is 1. The largest absolute Gasteiger partial charge is 0.399 e. The van der Waals surface area contributed by atoms with E-state index >= 15 is 0 Å². The molecule has 1 aromatic rings. The van der Waals surface area contributed by atoms with Crippen LogP contribution in [0.2, 0.25) is 0 Å². The van der Waals surface area contributed by atoms with Crippen LogP contribution < -0.4 is 5.73 Å². The first-order valence-corrected chi connectivity index (χ1v) is 5.98. The van der Waals surface area contributed by atoms with E-state index in [0.717, 1.165) is 29.2 Å². The van der Waals surface area contributed by atoms with Crippen molar-refractivity contribution in [2.24, 2.45) is 0 Å². The number of aliphatic hydroxyl groups is 1. The second-order valence-corrected chi connectivity index (χ2v) is 4.49. The number of nitrogens with two attached hydrogens (primary N) is 1. The number of nitrogen functional groups attached to an aromatic ring is 1. The average Bonchev–Trinajstić information content (AvgIpc) is 2.25. The van der Waals surface area contributed by atoms with Gasteiger partial charge in [0, 0.05) is 16.3 Å². The first kappa shape index (κ1) is 12.1. The Kier molecular flexibility index (Phi) is 5.29. The van der Waals surface area contributed by atoms with Crippen molar-refractivity contribution in [2.45, 2.75) is 23.8 Å². The highest BCUT2D eigenvalue weighted by Crippen LogP contribution is 2.20. The molecule has 0 saturated carbocycles. The van der Waals surface area contributed by atoms with Gasteiger partial charge in [-0.05, 0) is 37.1 Å². The predicted octanol–water partition coefficient (Wildman–Crippen LogP) is 2.69. The van der Waals surface area contributed by atoms with E-state index in [-0.39, 0.29) is 6.10 Å². The van der Waals surface area contributed by atoms with Crippen LogP contribution in [0.15, 0.2) is 41.8 Å². The average molecular weight is 223 g/mol. The van der Waals surface area contributed by atoms with Crippen LogP contribution in [0.3, 0.4) is 0 Å². The third-order valence-electron chi connectivity index (χ3n) is 2.03. The van der Waals surface area contributed by atoms with Gasteiger partial charge in [0.25, 0.3) is 0 Å². The van der Waals surface area contributed by atoms with E-state index in [2.05, 4.69) is 6.58 Å². The van der Waals surface area contributed by atoms with Gasteiger partial charge in [-0.1, -0.05) is 6.08 Å². The standard InChI is InChI=1S/C12H17NOS/c1-2-3-4-11(14)9-15-12-7-5-10(13)6-8-12/h2,5-8,11,14H,1,3-4,9,13H2. The van der Waals surface area contributed by atoms with Crippen LogP contribution in [0.4, 0.5) is 5.69 Å². The Morgan fingerprint density at radius 3 is 2.67 bits per heavy atom. The fourth-order valence-electron chi connectivity index (χ4n) is 1.15. The molecular weight excluding hydrogens is 206 g/mol. The van der Waals surface area contributed by atoms with Gasteiger partial charge in [0.1, 0.15) is 0 Å². The zero-order valence-corrected chi connectivity index (χ0v) is 9.54. The molecule has 2 nitrogen and oxygen atoms in total. The molecule has 15 heavy (non-hydrogen) atoms. The molecule has 0 fully saturated rings. The zero-order valence-electron chi connectivity index (χ0n) is 8.73. The van der Waals surface area contributed by atoms with Crippen LogP contribution in [0.1, 0.15) is 12.8 Å². The number of thioether (sulfide) groups is 1. The van der Waals surface area contributed by atoms with Crippen molar-refractivity contribution < 1.29 is 5.11 Å². The summed E-state index contributed by atoms with van der Waals surface area (Å²) in [4.78, 5) is 1.14. The van der Waals surface area contributed by atoms with Crippen molar-refractivity contribution in [1.82, 2.24) is 0 Å². The van der Waals surface area contributed by atoms with Gasteiger partial charge in [0.05, 0.1) is 6.10 Å². The SMILES string of the molecule is C=CCCC(O)CSc1ccc(N)cc1. The minimum absolute atomic E-state index is 0.259. The Labute approximate surface area is 95.2 Å². The molecule has 0 aliphatic heterocycles. The first-order chi connectivity index (χ1) is 7.22. The highest BCUT2D eigenvalue weighted by atomic mass is 32.2. The lowest BCUT2D eigenvalue weighted by Gasteiger charge is -2.08. The van der Waals surface area contributed by atoms with Gasteiger partial charge in [-0.25, -0.2) is 0 Å². The molecule has 0 aromatic heterocycles. The number of aliphatic hydroxyl groups excluding tert-OH is 1. The van der Waals surface area contributed by atoms with Crippen molar-refractivity contribution in [3.8, 4) is 0 Å². The molecular formula is C12H17NOS. The molecule has 1 rings (SSSR count). The summed E-state index contributed by atoms with van der Waals surface area (Å²) >= 11 is 1.65. The molecule has 1 unspecified atom stereocenters. The molecule has 0 amide bonds. The lowest BCUT2D eigenvalue weighted by Crippen LogP contribution is -2.08. The normalized spacial score (nSPS) is 12.3. The summed E-state index contributed by atoms with van der Waals surface area (Å²) in [6.45, 7) is 3.63. The van der Waals surface area contributed by atoms with E-state index in [0.29, 0.717) is 0 Å². The van der Waals surface area contributed by atoms with Crippen LogP contribution in [0, 0.1) is 0 Å². The molecule has 0 aliphatic carbocycles. The van der Waals surface area contributed by atoms with Gasteiger partial charge < -0.3 is 10.8 Å². The monoisotopic (exact) mass is 223 g/mol. The van der Waals surface area contributed by atoms with Crippen LogP contribution >= 0.6 is 11.8 Å². The Hall–Kier alpha value is -0.930. The summed E-state index contributed by atoms with van der Waals surface area (Å²) in [5.74, 6) is 0.720. The number of hydrogen-bond acceptors (Lipinski definition) is 3. The molecule has 0 radical (unpaired) electrons. The molecule has 3 heteroatoms. The summed E-state index contributed by atoms with van der Waals surface area (Å²) in [6.07, 6.45) is 3.22. The molecule has 0 aliphatic rings. The fraction of sp³-hybridized carbons (Fsp3) is 0.333. The van der Waals surface area contributed by atoms with Gasteiger partial charge >= 0.3 is 0 Å². The maximum absolute atomic E-state index is 9.60. The molecule has 0 spiro atoms. The topological polar surface area (TPSA) is 46.2 Å². The second kappa shape index (κ2) is 6.53. The summed E-state index contributed by atoms with van der Waals surface area (Å²) in [6, 6.07) is 7.69. The predicted molar refractivity (Wildman–Crippen MR) is 67.0 cm³/mol. The first-order valence-electron chi connectivity index (χ1n) is 4.99. The summed E-state index contributed by atoms with van der Waals surface area (Å²) in [7, 11) is 0. The van der Waals surface area contributed by atoms with E-state index in [1.165, 1.54) is 0 Å².